The van der Waals surface area contributed by atoms with Crippen LogP contribution < -0.4 is 0 Å². The van der Waals surface area contributed by atoms with Gasteiger partial charge in [-0.15, -0.1) is 0 Å². The number of para-hydroxylation sites is 1. The first-order valence-electron chi connectivity index (χ1n) is 6.14. The van der Waals surface area contributed by atoms with Crippen LogP contribution in [0.25, 0.3) is 10.9 Å². The van der Waals surface area contributed by atoms with Crippen molar-refractivity contribution < 1.29 is 4.74 Å². The van der Waals surface area contributed by atoms with Crippen LogP contribution in [0.3, 0.4) is 0 Å². The van der Waals surface area contributed by atoms with E-state index in [0.29, 0.717) is 6.54 Å². The van der Waals surface area contributed by atoms with Gasteiger partial charge in [0.1, 0.15) is 0 Å². The molecule has 0 aliphatic carbocycles. The largest absolute Gasteiger partial charge is 0.624 e. The lowest BCUT2D eigenvalue weighted by molar-refractivity contribution is -0.451. The van der Waals surface area contributed by atoms with Crippen LogP contribution in [-0.4, -0.2) is 22.5 Å². The number of nitrogens with one attached hydrogen (secondary N) is 1. The lowest BCUT2D eigenvalue weighted by Crippen LogP contribution is -2.08. The zero-order chi connectivity index (χ0) is 13.0. The number of benzene rings is 1. The minimum Gasteiger partial charge on any atom is -0.624 e. The summed E-state index contributed by atoms with van der Waals surface area (Å²) in [7, 11) is 0. The second-order valence-electron chi connectivity index (χ2n) is 4.64. The molecule has 1 aromatic heterocycles. The van der Waals surface area contributed by atoms with Crippen molar-refractivity contribution in [1.82, 2.24) is 4.98 Å². The lowest BCUT2D eigenvalue weighted by Gasteiger charge is -2.02. The lowest BCUT2D eigenvalue weighted by atomic mass is 10.1. The standard InChI is InChI=1S/C15H18N2O/c1-12(2)7-9-17(18)10-8-13-11-16-15-6-4-3-5-14(13)15/h3-7,9,11,16H,8,10H2,1-2H3/b17-9-. The highest BCUT2D eigenvalue weighted by atomic mass is 16.5. The van der Waals surface area contributed by atoms with Gasteiger partial charge in [-0.25, -0.2) is 4.74 Å². The van der Waals surface area contributed by atoms with Crippen molar-refractivity contribution in [2.75, 3.05) is 6.54 Å². The van der Waals surface area contributed by atoms with Crippen LogP contribution in [0, 0.1) is 5.21 Å². The SMILES string of the molecule is CC(C)=C/C=[N+](\[O-])CCc1c[nH]c2ccccc12. The van der Waals surface area contributed by atoms with Gasteiger partial charge >= 0.3 is 0 Å². The quantitative estimate of drug-likeness (QED) is 0.380. The predicted molar refractivity (Wildman–Crippen MR) is 76.0 cm³/mol. The Morgan fingerprint density at radius 2 is 2.11 bits per heavy atom. The summed E-state index contributed by atoms with van der Waals surface area (Å²) >= 11 is 0. The molecule has 0 spiro atoms. The maximum atomic E-state index is 11.6. The monoisotopic (exact) mass is 242 g/mol. The average Bonchev–Trinajstić information content (AvgIpc) is 2.77. The third-order valence-corrected chi connectivity index (χ3v) is 2.85. The number of allylic oxidation sites excluding steroid dienone is 2. The van der Waals surface area contributed by atoms with Crippen molar-refractivity contribution in [3.63, 3.8) is 0 Å². The fraction of sp³-hybridized carbons (Fsp3) is 0.267. The molecule has 2 aromatic rings. The smallest absolute Gasteiger partial charge is 0.174 e. The van der Waals surface area contributed by atoms with E-state index in [1.165, 1.54) is 10.9 Å². The summed E-state index contributed by atoms with van der Waals surface area (Å²) in [5.41, 5.74) is 3.44. The van der Waals surface area contributed by atoms with Gasteiger partial charge in [0.25, 0.3) is 0 Å². The number of hydrogen-bond acceptors (Lipinski definition) is 1. The van der Waals surface area contributed by atoms with E-state index >= 15 is 0 Å². The van der Waals surface area contributed by atoms with Gasteiger partial charge in [0.15, 0.2) is 12.8 Å². The van der Waals surface area contributed by atoms with Gasteiger partial charge in [-0.2, -0.15) is 0 Å². The maximum absolute atomic E-state index is 11.6. The van der Waals surface area contributed by atoms with Gasteiger partial charge in [-0.1, -0.05) is 23.8 Å². The molecule has 0 saturated carbocycles. The first-order chi connectivity index (χ1) is 8.66. The summed E-state index contributed by atoms with van der Waals surface area (Å²) in [4.78, 5) is 3.22. The number of aromatic nitrogens is 1. The number of rotatable bonds is 4. The van der Waals surface area contributed by atoms with Crippen molar-refractivity contribution in [3.05, 3.63) is 52.9 Å². The molecule has 0 atom stereocenters. The van der Waals surface area contributed by atoms with E-state index in [0.717, 1.165) is 22.2 Å². The highest BCUT2D eigenvalue weighted by molar-refractivity contribution is 5.83. The summed E-state index contributed by atoms with van der Waals surface area (Å²) < 4.78 is 0.981. The molecule has 0 unspecified atom stereocenters. The van der Waals surface area contributed by atoms with Crippen LogP contribution in [0.15, 0.2) is 42.1 Å². The van der Waals surface area contributed by atoms with Gasteiger partial charge in [-0.3, -0.25) is 0 Å². The number of hydrogen-bond donors (Lipinski definition) is 1. The zero-order valence-corrected chi connectivity index (χ0v) is 10.8. The number of hydroxylamine groups is 1. The molecular formula is C15H18N2O. The molecule has 94 valence electrons. The molecule has 0 bridgehead atoms. The van der Waals surface area contributed by atoms with Gasteiger partial charge in [0.05, 0.1) is 0 Å². The summed E-state index contributed by atoms with van der Waals surface area (Å²) in [6, 6.07) is 8.15. The van der Waals surface area contributed by atoms with Gasteiger partial charge in [0, 0.05) is 29.6 Å². The van der Waals surface area contributed by atoms with Crippen molar-refractivity contribution in [1.29, 1.82) is 0 Å². The molecule has 1 aromatic carbocycles. The van der Waals surface area contributed by atoms with E-state index in [2.05, 4.69) is 11.1 Å². The first-order valence-corrected chi connectivity index (χ1v) is 6.14. The van der Waals surface area contributed by atoms with Crippen LogP contribution in [0.5, 0.6) is 0 Å². The minimum absolute atomic E-state index is 0.478. The van der Waals surface area contributed by atoms with E-state index in [-0.39, 0.29) is 0 Å². The molecule has 0 fully saturated rings. The highest BCUT2D eigenvalue weighted by Crippen LogP contribution is 2.17. The maximum Gasteiger partial charge on any atom is 0.174 e. The normalized spacial score (nSPS) is 11.8. The summed E-state index contributed by atoms with van der Waals surface area (Å²) in [6.45, 7) is 4.43. The number of fused-ring (bicyclic) bond motifs is 1. The van der Waals surface area contributed by atoms with Crippen LogP contribution in [-0.2, 0) is 6.42 Å². The molecule has 0 amide bonds. The first kappa shape index (κ1) is 12.4. The Kier molecular flexibility index (Phi) is 3.82. The third kappa shape index (κ3) is 3.00. The molecule has 3 heteroatoms. The Hall–Kier alpha value is -2.03. The fourth-order valence-corrected chi connectivity index (χ4v) is 1.88. The second kappa shape index (κ2) is 5.54. The zero-order valence-electron chi connectivity index (χ0n) is 10.8. The molecule has 1 heterocycles. The van der Waals surface area contributed by atoms with Crippen LogP contribution in [0.4, 0.5) is 0 Å². The topological polar surface area (TPSA) is 41.9 Å². The fourth-order valence-electron chi connectivity index (χ4n) is 1.88. The van der Waals surface area contributed by atoms with E-state index in [1.54, 1.807) is 6.21 Å². The van der Waals surface area contributed by atoms with Crippen LogP contribution in [0.2, 0.25) is 0 Å². The van der Waals surface area contributed by atoms with Gasteiger partial charge in [-0.05, 0) is 25.5 Å². The molecule has 0 radical (unpaired) electrons. The van der Waals surface area contributed by atoms with Crippen molar-refractivity contribution in [2.45, 2.75) is 20.3 Å². The van der Waals surface area contributed by atoms with Crippen LogP contribution >= 0.6 is 0 Å². The number of H-pyrrole nitrogens is 1. The predicted octanol–water partition coefficient (Wildman–Crippen LogP) is 3.26. The Morgan fingerprint density at radius 3 is 2.89 bits per heavy atom. The summed E-state index contributed by atoms with van der Waals surface area (Å²) in [6.07, 6.45) is 6.16. The van der Waals surface area contributed by atoms with Crippen LogP contribution in [0.1, 0.15) is 19.4 Å². The summed E-state index contributed by atoms with van der Waals surface area (Å²) in [5.74, 6) is 0. The van der Waals surface area contributed by atoms with Gasteiger partial charge in [0.2, 0.25) is 0 Å². The van der Waals surface area contributed by atoms with E-state index in [9.17, 15) is 5.21 Å². The van der Waals surface area contributed by atoms with Crippen molar-refractivity contribution in [2.24, 2.45) is 0 Å². The molecular weight excluding hydrogens is 224 g/mol. The Morgan fingerprint density at radius 1 is 1.33 bits per heavy atom. The molecule has 1 N–H and O–H groups in total. The van der Waals surface area contributed by atoms with Gasteiger partial charge < -0.3 is 10.2 Å². The van der Waals surface area contributed by atoms with E-state index in [4.69, 9.17) is 0 Å². The average molecular weight is 242 g/mol. The Balaban J connectivity index is 2.07. The molecule has 0 saturated heterocycles. The second-order valence-corrected chi connectivity index (χ2v) is 4.64. The Bertz CT molecular complexity index is 589. The highest BCUT2D eigenvalue weighted by Gasteiger charge is 2.04. The third-order valence-electron chi connectivity index (χ3n) is 2.85. The molecule has 0 aliphatic rings. The molecule has 18 heavy (non-hydrogen) atoms. The molecule has 3 nitrogen and oxygen atoms in total. The van der Waals surface area contributed by atoms with E-state index < -0.39 is 0 Å². The van der Waals surface area contributed by atoms with E-state index in [1.807, 2.05) is 44.3 Å². The van der Waals surface area contributed by atoms with Crippen molar-refractivity contribution in [3.8, 4) is 0 Å². The van der Waals surface area contributed by atoms with Crippen molar-refractivity contribution >= 4 is 17.1 Å². The summed E-state index contributed by atoms with van der Waals surface area (Å²) in [5, 5.41) is 12.8. The molecule has 0 aliphatic heterocycles. The number of nitrogens with zero attached hydrogens (tertiary/aromatic N) is 1. The minimum atomic E-state index is 0.478. The molecule has 2 rings (SSSR count). The number of aromatic amines is 1. The Labute approximate surface area is 107 Å².